The standard InChI is InChI=1S/C11H25N5O3/c1-19-16(8-2-10(17)14-6-4-12)9-3-11(18)15-7-5-13/h2-9,12-13H2,1H3,(H,14,17)(H,15,18). The third-order valence-corrected chi connectivity index (χ3v) is 2.37. The van der Waals surface area contributed by atoms with Crippen molar-refractivity contribution in [2.75, 3.05) is 46.4 Å². The number of carbonyl (C=O) groups is 2. The summed E-state index contributed by atoms with van der Waals surface area (Å²) in [5, 5.41) is 6.90. The van der Waals surface area contributed by atoms with Crippen molar-refractivity contribution in [1.29, 1.82) is 0 Å². The van der Waals surface area contributed by atoms with Gasteiger partial charge in [0, 0.05) is 52.1 Å². The van der Waals surface area contributed by atoms with Crippen LogP contribution in [-0.2, 0) is 14.4 Å². The van der Waals surface area contributed by atoms with Gasteiger partial charge in [0.25, 0.3) is 0 Å². The Morgan fingerprint density at radius 1 is 1.00 bits per heavy atom. The molecule has 0 aliphatic rings. The van der Waals surface area contributed by atoms with Gasteiger partial charge in [-0.15, -0.1) is 0 Å². The maximum absolute atomic E-state index is 11.4. The number of nitrogens with one attached hydrogen (secondary N) is 2. The summed E-state index contributed by atoms with van der Waals surface area (Å²) in [5.41, 5.74) is 10.6. The van der Waals surface area contributed by atoms with E-state index in [-0.39, 0.29) is 11.8 Å². The van der Waals surface area contributed by atoms with Gasteiger partial charge < -0.3 is 26.9 Å². The van der Waals surface area contributed by atoms with Crippen LogP contribution in [0.2, 0.25) is 0 Å². The average molecular weight is 275 g/mol. The molecule has 0 heterocycles. The van der Waals surface area contributed by atoms with Gasteiger partial charge >= 0.3 is 0 Å². The van der Waals surface area contributed by atoms with E-state index in [4.69, 9.17) is 16.3 Å². The lowest BCUT2D eigenvalue weighted by molar-refractivity contribution is -0.144. The zero-order valence-corrected chi connectivity index (χ0v) is 11.5. The highest BCUT2D eigenvalue weighted by Crippen LogP contribution is 1.95. The zero-order valence-electron chi connectivity index (χ0n) is 11.5. The molecule has 0 aromatic heterocycles. The van der Waals surface area contributed by atoms with Crippen molar-refractivity contribution in [3.8, 4) is 0 Å². The molecule has 0 fully saturated rings. The Kier molecular flexibility index (Phi) is 11.1. The second kappa shape index (κ2) is 11.8. The van der Waals surface area contributed by atoms with Crippen LogP contribution in [0, 0.1) is 0 Å². The Labute approximate surface area is 113 Å². The van der Waals surface area contributed by atoms with Crippen LogP contribution in [0.1, 0.15) is 12.8 Å². The Hall–Kier alpha value is -1.22. The number of nitrogens with zero attached hydrogens (tertiary/aromatic N) is 1. The lowest BCUT2D eigenvalue weighted by Crippen LogP contribution is -2.35. The lowest BCUT2D eigenvalue weighted by atomic mass is 10.3. The minimum absolute atomic E-state index is 0.0833. The molecule has 0 radical (unpaired) electrons. The highest BCUT2D eigenvalue weighted by atomic mass is 16.7. The van der Waals surface area contributed by atoms with E-state index in [0.717, 1.165) is 0 Å². The second-order valence-electron chi connectivity index (χ2n) is 3.89. The molecule has 8 heteroatoms. The number of hydroxylamine groups is 2. The number of hydrogen-bond donors (Lipinski definition) is 4. The van der Waals surface area contributed by atoms with Crippen molar-refractivity contribution in [3.05, 3.63) is 0 Å². The first-order valence-electron chi connectivity index (χ1n) is 6.36. The van der Waals surface area contributed by atoms with Crippen molar-refractivity contribution in [2.24, 2.45) is 11.5 Å². The van der Waals surface area contributed by atoms with Crippen molar-refractivity contribution in [3.63, 3.8) is 0 Å². The number of rotatable bonds is 11. The van der Waals surface area contributed by atoms with E-state index in [0.29, 0.717) is 52.1 Å². The maximum atomic E-state index is 11.4. The third-order valence-electron chi connectivity index (χ3n) is 2.37. The molecule has 0 aromatic carbocycles. The van der Waals surface area contributed by atoms with Gasteiger partial charge in [-0.3, -0.25) is 9.59 Å². The fourth-order valence-electron chi connectivity index (χ4n) is 1.35. The predicted molar refractivity (Wildman–Crippen MR) is 71.9 cm³/mol. The molecular weight excluding hydrogens is 250 g/mol. The Bertz CT molecular complexity index is 239. The number of amides is 2. The third kappa shape index (κ3) is 10.4. The summed E-state index contributed by atoms with van der Waals surface area (Å²) in [6, 6.07) is 0. The maximum Gasteiger partial charge on any atom is 0.221 e. The van der Waals surface area contributed by atoms with Crippen LogP contribution in [0.4, 0.5) is 0 Å². The van der Waals surface area contributed by atoms with E-state index in [1.807, 2.05) is 0 Å². The predicted octanol–water partition coefficient (Wildman–Crippen LogP) is -2.22. The molecule has 6 N–H and O–H groups in total. The van der Waals surface area contributed by atoms with Gasteiger partial charge in [0.1, 0.15) is 0 Å². The van der Waals surface area contributed by atoms with Gasteiger partial charge in [-0.25, -0.2) is 0 Å². The van der Waals surface area contributed by atoms with Gasteiger partial charge in [0.2, 0.25) is 11.8 Å². The van der Waals surface area contributed by atoms with E-state index in [1.54, 1.807) is 5.06 Å². The van der Waals surface area contributed by atoms with Gasteiger partial charge in [-0.1, -0.05) is 0 Å². The number of nitrogens with two attached hydrogens (primary N) is 2. The Morgan fingerprint density at radius 2 is 1.42 bits per heavy atom. The molecule has 0 bridgehead atoms. The molecule has 8 nitrogen and oxygen atoms in total. The molecule has 112 valence electrons. The molecule has 2 amide bonds. The van der Waals surface area contributed by atoms with E-state index < -0.39 is 0 Å². The summed E-state index contributed by atoms with van der Waals surface area (Å²) in [7, 11) is 1.51. The van der Waals surface area contributed by atoms with Crippen molar-refractivity contribution < 1.29 is 14.4 Å². The molecule has 0 atom stereocenters. The first-order valence-corrected chi connectivity index (χ1v) is 6.36. The average Bonchev–Trinajstić information content (AvgIpc) is 2.42. The van der Waals surface area contributed by atoms with Crippen molar-refractivity contribution >= 4 is 11.8 Å². The Balaban J connectivity index is 3.76. The monoisotopic (exact) mass is 275 g/mol. The van der Waals surface area contributed by atoms with Crippen LogP contribution in [-0.4, -0.2) is 63.3 Å². The molecule has 0 aliphatic heterocycles. The molecule has 0 aromatic rings. The zero-order chi connectivity index (χ0) is 14.5. The Morgan fingerprint density at radius 3 is 1.74 bits per heavy atom. The van der Waals surface area contributed by atoms with Gasteiger partial charge in [0.05, 0.1) is 7.11 Å². The molecular formula is C11H25N5O3. The minimum atomic E-state index is -0.0833. The molecule has 0 saturated carbocycles. The molecule has 0 aliphatic carbocycles. The van der Waals surface area contributed by atoms with Crippen LogP contribution in [0.15, 0.2) is 0 Å². The summed E-state index contributed by atoms with van der Waals surface area (Å²) in [5.74, 6) is -0.167. The van der Waals surface area contributed by atoms with E-state index in [9.17, 15) is 9.59 Å². The van der Waals surface area contributed by atoms with Crippen LogP contribution >= 0.6 is 0 Å². The fraction of sp³-hybridized carbons (Fsp3) is 0.818. The van der Waals surface area contributed by atoms with Gasteiger partial charge in [-0.05, 0) is 0 Å². The van der Waals surface area contributed by atoms with Crippen LogP contribution in [0.3, 0.4) is 0 Å². The number of carbonyl (C=O) groups excluding carboxylic acids is 2. The van der Waals surface area contributed by atoms with Crippen LogP contribution in [0.25, 0.3) is 0 Å². The normalized spacial score (nSPS) is 10.5. The molecule has 0 saturated heterocycles. The highest BCUT2D eigenvalue weighted by Gasteiger charge is 2.09. The SMILES string of the molecule is CON(CCC(=O)NCCN)CCC(=O)NCCN. The fourth-order valence-corrected chi connectivity index (χ4v) is 1.35. The topological polar surface area (TPSA) is 123 Å². The molecule has 19 heavy (non-hydrogen) atoms. The minimum Gasteiger partial charge on any atom is -0.355 e. The van der Waals surface area contributed by atoms with E-state index in [2.05, 4.69) is 10.6 Å². The highest BCUT2D eigenvalue weighted by molar-refractivity contribution is 5.76. The summed E-state index contributed by atoms with van der Waals surface area (Å²) in [6.07, 6.45) is 0.608. The van der Waals surface area contributed by atoms with Crippen molar-refractivity contribution in [2.45, 2.75) is 12.8 Å². The lowest BCUT2D eigenvalue weighted by Gasteiger charge is -2.18. The van der Waals surface area contributed by atoms with Crippen LogP contribution in [0.5, 0.6) is 0 Å². The summed E-state index contributed by atoms with van der Waals surface area (Å²) >= 11 is 0. The molecule has 0 rings (SSSR count). The summed E-state index contributed by atoms with van der Waals surface area (Å²) in [4.78, 5) is 27.8. The smallest absolute Gasteiger partial charge is 0.221 e. The summed E-state index contributed by atoms with van der Waals surface area (Å²) < 4.78 is 0. The molecule has 0 spiro atoms. The molecule has 0 unspecified atom stereocenters. The quantitative estimate of drug-likeness (QED) is 0.317. The largest absolute Gasteiger partial charge is 0.355 e. The van der Waals surface area contributed by atoms with Gasteiger partial charge in [0.15, 0.2) is 0 Å². The summed E-state index contributed by atoms with van der Waals surface area (Å²) in [6.45, 7) is 2.62. The van der Waals surface area contributed by atoms with Crippen LogP contribution < -0.4 is 22.1 Å². The second-order valence-corrected chi connectivity index (χ2v) is 3.89. The van der Waals surface area contributed by atoms with Gasteiger partial charge in [-0.2, -0.15) is 5.06 Å². The first kappa shape index (κ1) is 17.8. The first-order chi connectivity index (χ1) is 9.13. The van der Waals surface area contributed by atoms with E-state index >= 15 is 0 Å². The van der Waals surface area contributed by atoms with E-state index in [1.165, 1.54) is 7.11 Å². The van der Waals surface area contributed by atoms with Crippen molar-refractivity contribution in [1.82, 2.24) is 15.7 Å². The number of hydrogen-bond acceptors (Lipinski definition) is 6.